The summed E-state index contributed by atoms with van der Waals surface area (Å²) >= 11 is 0. The molecule has 2 aromatic carbocycles. The van der Waals surface area contributed by atoms with Crippen LogP contribution >= 0.6 is 0 Å². The highest BCUT2D eigenvalue weighted by molar-refractivity contribution is 5.88. The molecular formula is C28H31FN8O. The Morgan fingerprint density at radius 3 is 2.79 bits per heavy atom. The summed E-state index contributed by atoms with van der Waals surface area (Å²) in [5, 5.41) is 3.07. The number of carbonyl (C=O) groups excluding carboxylic acids is 1. The summed E-state index contributed by atoms with van der Waals surface area (Å²) < 4.78 is 16.8. The lowest BCUT2D eigenvalue weighted by Gasteiger charge is -2.28. The second-order valence-corrected chi connectivity index (χ2v) is 10.3. The van der Waals surface area contributed by atoms with Gasteiger partial charge in [0, 0.05) is 30.4 Å². The monoisotopic (exact) mass is 514 g/mol. The van der Waals surface area contributed by atoms with E-state index in [1.54, 1.807) is 18.5 Å². The van der Waals surface area contributed by atoms with E-state index in [-0.39, 0.29) is 17.8 Å². The fourth-order valence-electron chi connectivity index (χ4n) is 5.31. The summed E-state index contributed by atoms with van der Waals surface area (Å²) in [6, 6.07) is 11.1. The van der Waals surface area contributed by atoms with Crippen molar-refractivity contribution in [1.82, 2.24) is 24.8 Å². The van der Waals surface area contributed by atoms with E-state index < -0.39 is 5.54 Å². The second-order valence-electron chi connectivity index (χ2n) is 10.3. The molecule has 1 saturated heterocycles. The van der Waals surface area contributed by atoms with Crippen molar-refractivity contribution in [3.8, 4) is 11.1 Å². The third-order valence-electron chi connectivity index (χ3n) is 7.65. The Labute approximate surface area is 220 Å². The molecule has 10 heteroatoms. The molecule has 38 heavy (non-hydrogen) atoms. The van der Waals surface area contributed by atoms with Crippen molar-refractivity contribution in [2.24, 2.45) is 5.73 Å². The van der Waals surface area contributed by atoms with E-state index in [1.165, 1.54) is 12.4 Å². The summed E-state index contributed by atoms with van der Waals surface area (Å²) in [5.74, 6) is -0.0500. The Bertz CT molecular complexity index is 1530. The van der Waals surface area contributed by atoms with Gasteiger partial charge in [0.25, 0.3) is 0 Å². The van der Waals surface area contributed by atoms with E-state index in [0.29, 0.717) is 48.6 Å². The predicted molar refractivity (Wildman–Crippen MR) is 145 cm³/mol. The van der Waals surface area contributed by atoms with Crippen molar-refractivity contribution in [1.29, 1.82) is 0 Å². The quantitative estimate of drug-likeness (QED) is 0.346. The Kier molecular flexibility index (Phi) is 5.98. The summed E-state index contributed by atoms with van der Waals surface area (Å²) in [7, 11) is 0. The zero-order chi connectivity index (χ0) is 26.4. The highest BCUT2D eigenvalue weighted by Crippen LogP contribution is 2.37. The van der Waals surface area contributed by atoms with Crippen LogP contribution in [0.3, 0.4) is 0 Å². The molecule has 2 aromatic heterocycles. The minimum Gasteiger partial charge on any atom is -0.382 e. The number of rotatable bonds is 7. The van der Waals surface area contributed by atoms with E-state index in [4.69, 9.17) is 11.5 Å². The van der Waals surface area contributed by atoms with Gasteiger partial charge in [0.05, 0.1) is 12.9 Å². The number of halogens is 1. The molecule has 2 fully saturated rings. The zero-order valence-electron chi connectivity index (χ0n) is 21.3. The van der Waals surface area contributed by atoms with Crippen LogP contribution in [-0.2, 0) is 17.8 Å². The molecule has 1 saturated carbocycles. The van der Waals surface area contributed by atoms with E-state index in [9.17, 15) is 9.18 Å². The van der Waals surface area contributed by atoms with Crippen molar-refractivity contribution in [3.05, 3.63) is 66.0 Å². The number of aromatic nitrogens is 4. The van der Waals surface area contributed by atoms with E-state index in [2.05, 4.69) is 32.1 Å². The van der Waals surface area contributed by atoms with Crippen LogP contribution in [0.5, 0.6) is 0 Å². The highest BCUT2D eigenvalue weighted by atomic mass is 19.1. The zero-order valence-corrected chi connectivity index (χ0v) is 21.3. The summed E-state index contributed by atoms with van der Waals surface area (Å²) in [5.41, 5.74) is 17.3. The number of benzene rings is 2. The molecule has 1 amide bonds. The fourth-order valence-corrected chi connectivity index (χ4v) is 5.31. The van der Waals surface area contributed by atoms with Crippen molar-refractivity contribution >= 4 is 28.6 Å². The van der Waals surface area contributed by atoms with Crippen molar-refractivity contribution in [3.63, 3.8) is 0 Å². The first kappa shape index (κ1) is 24.3. The normalized spacial score (nSPS) is 19.3. The first-order chi connectivity index (χ1) is 18.4. The third kappa shape index (κ3) is 4.34. The van der Waals surface area contributed by atoms with Gasteiger partial charge in [-0.1, -0.05) is 31.2 Å². The molecular weight excluding hydrogens is 483 g/mol. The Balaban J connectivity index is 1.44. The van der Waals surface area contributed by atoms with Gasteiger partial charge in [0.15, 0.2) is 11.5 Å². The van der Waals surface area contributed by atoms with E-state index >= 15 is 0 Å². The molecule has 0 spiro atoms. The molecule has 0 unspecified atom stereocenters. The number of carbonyl (C=O) groups is 1. The van der Waals surface area contributed by atoms with Crippen LogP contribution in [0.2, 0.25) is 0 Å². The van der Waals surface area contributed by atoms with Gasteiger partial charge in [0.1, 0.15) is 23.2 Å². The van der Waals surface area contributed by atoms with E-state index in [0.717, 1.165) is 41.6 Å². The van der Waals surface area contributed by atoms with Gasteiger partial charge in [-0.15, -0.1) is 0 Å². The third-order valence-corrected chi connectivity index (χ3v) is 7.65. The maximum absolute atomic E-state index is 14.9. The molecule has 1 aliphatic carbocycles. The van der Waals surface area contributed by atoms with Crippen molar-refractivity contribution in [2.75, 3.05) is 23.7 Å². The largest absolute Gasteiger partial charge is 0.382 e. The molecule has 2 aliphatic rings. The average molecular weight is 515 g/mol. The van der Waals surface area contributed by atoms with Crippen LogP contribution in [0.15, 0.2) is 49.1 Å². The smallest absolute Gasteiger partial charge is 0.242 e. The van der Waals surface area contributed by atoms with Crippen LogP contribution in [0.25, 0.3) is 22.3 Å². The minimum absolute atomic E-state index is 0.0993. The number of nitrogens with two attached hydrogens (primary N) is 2. The Morgan fingerprint density at radius 1 is 1.21 bits per heavy atom. The number of imidazole rings is 1. The van der Waals surface area contributed by atoms with Crippen molar-refractivity contribution in [2.45, 2.75) is 50.7 Å². The lowest BCUT2D eigenvalue weighted by atomic mass is 9.94. The molecule has 5 N–H and O–H groups in total. The van der Waals surface area contributed by atoms with Crippen LogP contribution in [-0.4, -0.2) is 50.1 Å². The fraction of sp³-hybridized carbons (Fsp3) is 0.357. The number of nitrogens with zero attached hydrogens (tertiary/aromatic N) is 5. The van der Waals surface area contributed by atoms with Crippen LogP contribution < -0.4 is 21.7 Å². The molecule has 1 atom stereocenters. The Hall–Kier alpha value is -4.05. The lowest BCUT2D eigenvalue weighted by molar-refractivity contribution is -0.125. The SMILES string of the molecule is CCc1cc(-c2ccccc2F)cc(N2CC[C@](N)(C(=O)NC3CC3)C2)c1Cn1cnc2c(N)ncnc21. The molecule has 196 valence electrons. The molecule has 1 aliphatic heterocycles. The van der Waals surface area contributed by atoms with Gasteiger partial charge in [-0.2, -0.15) is 0 Å². The summed E-state index contributed by atoms with van der Waals surface area (Å²) in [6.45, 7) is 3.55. The average Bonchev–Trinajstić information content (AvgIpc) is 3.49. The van der Waals surface area contributed by atoms with E-state index in [1.807, 2.05) is 22.8 Å². The predicted octanol–water partition coefficient (Wildman–Crippen LogP) is 3.01. The van der Waals surface area contributed by atoms with Gasteiger partial charge in [-0.25, -0.2) is 19.3 Å². The summed E-state index contributed by atoms with van der Waals surface area (Å²) in [4.78, 5) is 28.1. The van der Waals surface area contributed by atoms with Crippen LogP contribution in [0, 0.1) is 5.82 Å². The first-order valence-electron chi connectivity index (χ1n) is 13.0. The van der Waals surface area contributed by atoms with Gasteiger partial charge < -0.3 is 26.3 Å². The van der Waals surface area contributed by atoms with Gasteiger partial charge >= 0.3 is 0 Å². The number of aryl methyl sites for hydroxylation is 1. The number of nitrogen functional groups attached to an aromatic ring is 1. The van der Waals surface area contributed by atoms with Crippen molar-refractivity contribution < 1.29 is 9.18 Å². The first-order valence-corrected chi connectivity index (χ1v) is 13.0. The number of fused-ring (bicyclic) bond motifs is 1. The molecule has 0 radical (unpaired) electrons. The second kappa shape index (κ2) is 9.36. The number of nitrogens with one attached hydrogen (secondary N) is 1. The Morgan fingerprint density at radius 2 is 2.03 bits per heavy atom. The van der Waals surface area contributed by atoms with Gasteiger partial charge in [-0.3, -0.25) is 4.79 Å². The molecule has 6 rings (SSSR count). The molecule has 0 bridgehead atoms. The maximum Gasteiger partial charge on any atom is 0.242 e. The summed E-state index contributed by atoms with van der Waals surface area (Å²) in [6.07, 6.45) is 6.43. The van der Waals surface area contributed by atoms with Crippen LogP contribution in [0.1, 0.15) is 37.3 Å². The molecule has 9 nitrogen and oxygen atoms in total. The topological polar surface area (TPSA) is 128 Å². The highest BCUT2D eigenvalue weighted by Gasteiger charge is 2.43. The number of hydrogen-bond donors (Lipinski definition) is 3. The number of hydrogen-bond acceptors (Lipinski definition) is 7. The van der Waals surface area contributed by atoms with Crippen LogP contribution in [0.4, 0.5) is 15.9 Å². The van der Waals surface area contributed by atoms with Gasteiger partial charge in [0.2, 0.25) is 5.91 Å². The lowest BCUT2D eigenvalue weighted by Crippen LogP contribution is -2.56. The molecule has 3 heterocycles. The molecule has 4 aromatic rings. The standard InChI is InChI=1S/C28H31FN8O/c1-2-17-11-18(20-5-3-4-6-22(20)29)12-23(36-10-9-28(31,14-36)27(38)35-19-7-8-19)21(17)13-37-16-34-24-25(30)32-15-33-26(24)37/h3-6,11-12,15-16,19H,2,7-10,13-14,31H2,1H3,(H,35,38)(H2,30,32,33)/t28-/m1/s1. The maximum atomic E-state index is 14.9. The number of amides is 1. The van der Waals surface area contributed by atoms with Gasteiger partial charge in [-0.05, 0) is 54.5 Å². The minimum atomic E-state index is -0.983. The number of anilines is 2.